The predicted molar refractivity (Wildman–Crippen MR) is 71.8 cm³/mol. The molecule has 96 valence electrons. The number of hydrogen-bond acceptors (Lipinski definition) is 3. The van der Waals surface area contributed by atoms with Gasteiger partial charge in [0.25, 0.3) is 0 Å². The Kier molecular flexibility index (Phi) is 3.83. The predicted octanol–water partition coefficient (Wildman–Crippen LogP) is 2.41. The van der Waals surface area contributed by atoms with Gasteiger partial charge in [-0.25, -0.2) is 0 Å². The number of rotatable bonds is 3. The van der Waals surface area contributed by atoms with Gasteiger partial charge >= 0.3 is 0 Å². The molecule has 0 fully saturated rings. The van der Waals surface area contributed by atoms with Crippen molar-refractivity contribution in [1.82, 2.24) is 9.78 Å². The van der Waals surface area contributed by atoms with Crippen LogP contribution in [0.1, 0.15) is 18.1 Å². The largest absolute Gasteiger partial charge is 0.308 e. The van der Waals surface area contributed by atoms with Gasteiger partial charge in [0, 0.05) is 18.1 Å². The topological polar surface area (TPSA) is 70.7 Å². The molecule has 0 atom stereocenters. The fraction of sp³-hybridized carbons (Fsp3) is 0.154. The fourth-order valence-electron chi connectivity index (χ4n) is 1.64. The van der Waals surface area contributed by atoms with E-state index in [1.54, 1.807) is 16.9 Å². The molecule has 0 aliphatic heterocycles. The lowest BCUT2D eigenvalue weighted by atomic mass is 10.2. The van der Waals surface area contributed by atoms with Crippen molar-refractivity contribution in [2.75, 3.05) is 5.32 Å². The molecule has 0 radical (unpaired) electrons. The van der Waals surface area contributed by atoms with Crippen molar-refractivity contribution in [3.8, 4) is 6.07 Å². The number of nitrogens with one attached hydrogen (secondary N) is 1. The second kappa shape index (κ2) is 5.55. The monoisotopic (exact) mass is 274 g/mol. The summed E-state index contributed by atoms with van der Waals surface area (Å²) < 4.78 is 1.57. The lowest BCUT2D eigenvalue weighted by Crippen LogP contribution is -2.08. The smallest absolute Gasteiger partial charge is 0.222 e. The van der Waals surface area contributed by atoms with E-state index in [-0.39, 0.29) is 11.7 Å². The first kappa shape index (κ1) is 13.1. The zero-order valence-electron chi connectivity index (χ0n) is 10.2. The van der Waals surface area contributed by atoms with Crippen LogP contribution in [0.5, 0.6) is 0 Å². The Hall–Kier alpha value is -2.32. The molecular weight excluding hydrogens is 264 g/mol. The summed E-state index contributed by atoms with van der Waals surface area (Å²) in [5, 5.41) is 16.3. The van der Waals surface area contributed by atoms with Gasteiger partial charge < -0.3 is 5.32 Å². The third-order valence-electron chi connectivity index (χ3n) is 2.47. The van der Waals surface area contributed by atoms with E-state index in [1.807, 2.05) is 24.3 Å². The van der Waals surface area contributed by atoms with Crippen LogP contribution >= 0.6 is 11.6 Å². The SMILES string of the molecule is CC(=O)Nc1nn(Cc2ccccc2Cl)cc1C#N. The van der Waals surface area contributed by atoms with Crippen molar-refractivity contribution in [1.29, 1.82) is 5.26 Å². The van der Waals surface area contributed by atoms with E-state index in [0.717, 1.165) is 5.56 Å². The molecule has 2 aromatic rings. The second-order valence-corrected chi connectivity index (χ2v) is 4.38. The minimum Gasteiger partial charge on any atom is -0.308 e. The summed E-state index contributed by atoms with van der Waals surface area (Å²) in [7, 11) is 0. The molecule has 0 aliphatic carbocycles. The van der Waals surface area contributed by atoms with Crippen LogP contribution in [0.4, 0.5) is 5.82 Å². The van der Waals surface area contributed by atoms with Gasteiger partial charge in [-0.3, -0.25) is 9.48 Å². The van der Waals surface area contributed by atoms with Gasteiger partial charge in [-0.2, -0.15) is 10.4 Å². The van der Waals surface area contributed by atoms with E-state index < -0.39 is 0 Å². The van der Waals surface area contributed by atoms with E-state index in [0.29, 0.717) is 17.1 Å². The number of hydrogen-bond donors (Lipinski definition) is 1. The van der Waals surface area contributed by atoms with Gasteiger partial charge in [-0.05, 0) is 11.6 Å². The van der Waals surface area contributed by atoms with Gasteiger partial charge in [0.2, 0.25) is 5.91 Å². The molecule has 1 aromatic heterocycles. The highest BCUT2D eigenvalue weighted by molar-refractivity contribution is 6.31. The van der Waals surface area contributed by atoms with E-state index >= 15 is 0 Å². The number of nitrogens with zero attached hydrogens (tertiary/aromatic N) is 3. The Labute approximate surface area is 115 Å². The zero-order valence-corrected chi connectivity index (χ0v) is 11.0. The third-order valence-corrected chi connectivity index (χ3v) is 2.84. The maximum Gasteiger partial charge on any atom is 0.222 e. The molecule has 0 spiro atoms. The second-order valence-electron chi connectivity index (χ2n) is 3.97. The Morgan fingerprint density at radius 2 is 2.26 bits per heavy atom. The molecule has 0 unspecified atom stereocenters. The van der Waals surface area contributed by atoms with E-state index in [2.05, 4.69) is 10.4 Å². The molecule has 1 aromatic carbocycles. The Balaban J connectivity index is 2.27. The molecular formula is C13H11ClN4O. The van der Waals surface area contributed by atoms with Crippen LogP contribution in [0.2, 0.25) is 5.02 Å². The van der Waals surface area contributed by atoms with Gasteiger partial charge in [0.05, 0.1) is 6.54 Å². The number of anilines is 1. The number of amides is 1. The van der Waals surface area contributed by atoms with Crippen molar-refractivity contribution >= 4 is 23.3 Å². The molecule has 2 rings (SSSR count). The van der Waals surface area contributed by atoms with Crippen LogP contribution in [0.25, 0.3) is 0 Å². The van der Waals surface area contributed by atoms with Crippen molar-refractivity contribution in [2.24, 2.45) is 0 Å². The summed E-state index contributed by atoms with van der Waals surface area (Å²) in [5.41, 5.74) is 1.22. The first-order valence-electron chi connectivity index (χ1n) is 5.58. The number of carbonyl (C=O) groups excluding carboxylic acids is 1. The van der Waals surface area contributed by atoms with Gasteiger partial charge in [-0.1, -0.05) is 29.8 Å². The van der Waals surface area contributed by atoms with Crippen LogP contribution in [0, 0.1) is 11.3 Å². The number of benzene rings is 1. The number of aromatic nitrogens is 2. The minimum atomic E-state index is -0.264. The van der Waals surface area contributed by atoms with Crippen LogP contribution in [-0.2, 0) is 11.3 Å². The highest BCUT2D eigenvalue weighted by Crippen LogP contribution is 2.18. The van der Waals surface area contributed by atoms with Crippen molar-refractivity contribution < 1.29 is 4.79 Å². The summed E-state index contributed by atoms with van der Waals surface area (Å²) in [6, 6.07) is 9.39. The highest BCUT2D eigenvalue weighted by atomic mass is 35.5. The van der Waals surface area contributed by atoms with Crippen molar-refractivity contribution in [2.45, 2.75) is 13.5 Å². The molecule has 5 nitrogen and oxygen atoms in total. The summed E-state index contributed by atoms with van der Waals surface area (Å²) in [5.74, 6) is 0.00143. The molecule has 6 heteroatoms. The Morgan fingerprint density at radius 1 is 1.53 bits per heavy atom. The standard InChI is InChI=1S/C13H11ClN4O/c1-9(19)16-13-11(6-15)8-18(17-13)7-10-4-2-3-5-12(10)14/h2-5,8H,7H2,1H3,(H,16,17,19). The summed E-state index contributed by atoms with van der Waals surface area (Å²) in [6.45, 7) is 1.81. The fourth-order valence-corrected chi connectivity index (χ4v) is 1.84. The van der Waals surface area contributed by atoms with E-state index in [9.17, 15) is 4.79 Å². The van der Waals surface area contributed by atoms with Crippen molar-refractivity contribution in [3.05, 3.63) is 46.6 Å². The molecule has 0 bridgehead atoms. The average molecular weight is 275 g/mol. The van der Waals surface area contributed by atoms with Crippen LogP contribution in [-0.4, -0.2) is 15.7 Å². The number of nitriles is 1. The summed E-state index contributed by atoms with van der Waals surface area (Å²) in [4.78, 5) is 11.0. The maximum atomic E-state index is 11.0. The van der Waals surface area contributed by atoms with Crippen LogP contribution in [0.15, 0.2) is 30.5 Å². The lowest BCUT2D eigenvalue weighted by Gasteiger charge is -2.03. The molecule has 1 heterocycles. The maximum absolute atomic E-state index is 11.0. The van der Waals surface area contributed by atoms with E-state index in [1.165, 1.54) is 6.92 Å². The molecule has 1 N–H and O–H groups in total. The first-order chi connectivity index (χ1) is 9.10. The van der Waals surface area contributed by atoms with Gasteiger partial charge in [-0.15, -0.1) is 0 Å². The van der Waals surface area contributed by atoms with Crippen LogP contribution < -0.4 is 5.32 Å². The Bertz CT molecular complexity index is 657. The number of halogens is 1. The summed E-state index contributed by atoms with van der Waals surface area (Å²) >= 11 is 6.06. The zero-order chi connectivity index (χ0) is 13.8. The molecule has 1 amide bonds. The first-order valence-corrected chi connectivity index (χ1v) is 5.96. The van der Waals surface area contributed by atoms with Crippen LogP contribution in [0.3, 0.4) is 0 Å². The molecule has 0 saturated heterocycles. The Morgan fingerprint density at radius 3 is 2.89 bits per heavy atom. The molecule has 19 heavy (non-hydrogen) atoms. The van der Waals surface area contributed by atoms with Crippen molar-refractivity contribution in [3.63, 3.8) is 0 Å². The quantitative estimate of drug-likeness (QED) is 0.934. The minimum absolute atomic E-state index is 0.264. The third kappa shape index (κ3) is 3.12. The van der Waals surface area contributed by atoms with Gasteiger partial charge in [0.1, 0.15) is 11.6 Å². The average Bonchev–Trinajstić information content (AvgIpc) is 2.73. The molecule has 0 aliphatic rings. The number of carbonyl (C=O) groups is 1. The molecule has 0 saturated carbocycles. The van der Waals surface area contributed by atoms with E-state index in [4.69, 9.17) is 16.9 Å². The summed E-state index contributed by atoms with van der Waals surface area (Å²) in [6.07, 6.45) is 1.58. The normalized spacial score (nSPS) is 9.95. The highest BCUT2D eigenvalue weighted by Gasteiger charge is 2.10. The lowest BCUT2D eigenvalue weighted by molar-refractivity contribution is -0.114. The van der Waals surface area contributed by atoms with Gasteiger partial charge in [0.15, 0.2) is 5.82 Å².